The first-order chi connectivity index (χ1) is 6.84. The summed E-state index contributed by atoms with van der Waals surface area (Å²) in [5.74, 6) is 0.753. The van der Waals surface area contributed by atoms with Crippen LogP contribution >= 0.6 is 11.3 Å². The number of nitrogens with two attached hydrogens (primary N) is 1. The predicted octanol–water partition coefficient (Wildman–Crippen LogP) is 3.31. The van der Waals surface area contributed by atoms with E-state index in [-0.39, 0.29) is 6.04 Å². The van der Waals surface area contributed by atoms with Crippen LogP contribution in [-0.2, 0) is 0 Å². The highest BCUT2D eigenvalue weighted by molar-refractivity contribution is 7.19. The molecule has 14 heavy (non-hydrogen) atoms. The van der Waals surface area contributed by atoms with Gasteiger partial charge in [0.05, 0.1) is 0 Å². The van der Waals surface area contributed by atoms with Gasteiger partial charge in [-0.2, -0.15) is 0 Å². The number of rotatable bonds is 2. The van der Waals surface area contributed by atoms with Gasteiger partial charge in [-0.25, -0.2) is 0 Å². The van der Waals surface area contributed by atoms with E-state index in [1.165, 1.54) is 27.8 Å². The normalized spacial score (nSPS) is 18.6. The smallest absolute Gasteiger partial charge is 0.0418 e. The molecule has 1 fully saturated rings. The van der Waals surface area contributed by atoms with Crippen LogP contribution < -0.4 is 5.73 Å². The zero-order valence-corrected chi connectivity index (χ0v) is 8.76. The molecule has 3 rings (SSSR count). The fraction of sp³-hybridized carbons (Fsp3) is 0.333. The lowest BCUT2D eigenvalue weighted by atomic mass is 10.1. The maximum Gasteiger partial charge on any atom is 0.0418 e. The molecule has 0 spiro atoms. The van der Waals surface area contributed by atoms with Crippen LogP contribution in [0.3, 0.4) is 0 Å². The van der Waals surface area contributed by atoms with E-state index < -0.39 is 0 Å². The van der Waals surface area contributed by atoms with E-state index in [2.05, 4.69) is 30.3 Å². The lowest BCUT2D eigenvalue weighted by molar-refractivity contribution is 0.645. The maximum absolute atomic E-state index is 6.17. The van der Waals surface area contributed by atoms with Crippen molar-refractivity contribution in [1.82, 2.24) is 0 Å². The van der Waals surface area contributed by atoms with Crippen LogP contribution in [0.2, 0.25) is 0 Å². The maximum atomic E-state index is 6.17. The fourth-order valence-electron chi connectivity index (χ4n) is 1.85. The molecule has 1 saturated carbocycles. The van der Waals surface area contributed by atoms with Crippen LogP contribution in [0.15, 0.2) is 30.3 Å². The first-order valence-electron chi connectivity index (χ1n) is 5.08. The summed E-state index contributed by atoms with van der Waals surface area (Å²) < 4.78 is 1.36. The van der Waals surface area contributed by atoms with E-state index >= 15 is 0 Å². The topological polar surface area (TPSA) is 26.0 Å². The van der Waals surface area contributed by atoms with Gasteiger partial charge in [-0.3, -0.25) is 0 Å². The Morgan fingerprint density at radius 2 is 2.07 bits per heavy atom. The number of fused-ring (bicyclic) bond motifs is 1. The molecule has 2 heteroatoms. The monoisotopic (exact) mass is 203 g/mol. The number of benzene rings is 1. The van der Waals surface area contributed by atoms with Crippen molar-refractivity contribution in [3.05, 3.63) is 35.2 Å². The first kappa shape index (κ1) is 8.45. The molecule has 1 aliphatic carbocycles. The van der Waals surface area contributed by atoms with Gasteiger partial charge in [0.15, 0.2) is 0 Å². The van der Waals surface area contributed by atoms with Crippen molar-refractivity contribution in [1.29, 1.82) is 0 Å². The number of hydrogen-bond acceptors (Lipinski definition) is 2. The van der Waals surface area contributed by atoms with Gasteiger partial charge in [0.1, 0.15) is 0 Å². The van der Waals surface area contributed by atoms with Crippen LogP contribution in [0.1, 0.15) is 23.8 Å². The molecule has 0 radical (unpaired) electrons. The summed E-state index contributed by atoms with van der Waals surface area (Å²) in [4.78, 5) is 1.36. The van der Waals surface area contributed by atoms with Crippen LogP contribution in [0, 0.1) is 5.92 Å². The molecule has 1 atom stereocenters. The van der Waals surface area contributed by atoms with Crippen LogP contribution in [0.5, 0.6) is 0 Å². The molecular weight excluding hydrogens is 190 g/mol. The summed E-state index contributed by atoms with van der Waals surface area (Å²) >= 11 is 1.85. The molecule has 1 nitrogen and oxygen atoms in total. The van der Waals surface area contributed by atoms with Gasteiger partial charge < -0.3 is 5.73 Å². The molecular formula is C12H13NS. The average molecular weight is 203 g/mol. The summed E-state index contributed by atoms with van der Waals surface area (Å²) in [6, 6.07) is 11.0. The van der Waals surface area contributed by atoms with E-state index in [9.17, 15) is 0 Å². The van der Waals surface area contributed by atoms with Crippen molar-refractivity contribution in [3.63, 3.8) is 0 Å². The second-order valence-corrected chi connectivity index (χ2v) is 5.17. The third-order valence-corrected chi connectivity index (χ3v) is 4.12. The van der Waals surface area contributed by atoms with Gasteiger partial charge in [0, 0.05) is 15.6 Å². The summed E-state index contributed by atoms with van der Waals surface area (Å²) in [6.07, 6.45) is 2.63. The van der Waals surface area contributed by atoms with E-state index in [0.29, 0.717) is 0 Å². The Bertz CT molecular complexity index is 423. The van der Waals surface area contributed by atoms with Crippen molar-refractivity contribution in [2.45, 2.75) is 18.9 Å². The second kappa shape index (κ2) is 3.07. The molecule has 1 aliphatic rings. The first-order valence-corrected chi connectivity index (χ1v) is 5.90. The Hall–Kier alpha value is -0.860. The zero-order valence-electron chi connectivity index (χ0n) is 7.94. The molecule has 0 amide bonds. The van der Waals surface area contributed by atoms with Crippen molar-refractivity contribution in [2.24, 2.45) is 11.7 Å². The van der Waals surface area contributed by atoms with Crippen molar-refractivity contribution < 1.29 is 0 Å². The molecule has 0 saturated heterocycles. The highest BCUT2D eigenvalue weighted by Gasteiger charge is 2.30. The highest BCUT2D eigenvalue weighted by Crippen LogP contribution is 2.42. The minimum atomic E-state index is 0.285. The van der Waals surface area contributed by atoms with Crippen molar-refractivity contribution in [2.75, 3.05) is 0 Å². The van der Waals surface area contributed by atoms with Gasteiger partial charge in [-0.05, 0) is 36.3 Å². The van der Waals surface area contributed by atoms with Gasteiger partial charge in [-0.1, -0.05) is 18.2 Å². The van der Waals surface area contributed by atoms with E-state index in [1.807, 2.05) is 11.3 Å². The molecule has 2 N–H and O–H groups in total. The minimum Gasteiger partial charge on any atom is -0.323 e. The third kappa shape index (κ3) is 1.35. The summed E-state index contributed by atoms with van der Waals surface area (Å²) in [7, 11) is 0. The SMILES string of the molecule is NC(c1cc2ccccc2s1)C1CC1. The molecule has 1 aromatic carbocycles. The van der Waals surface area contributed by atoms with E-state index in [1.54, 1.807) is 0 Å². The van der Waals surface area contributed by atoms with Crippen LogP contribution in [0.4, 0.5) is 0 Å². The van der Waals surface area contributed by atoms with Gasteiger partial charge >= 0.3 is 0 Å². The molecule has 1 heterocycles. The van der Waals surface area contributed by atoms with E-state index in [4.69, 9.17) is 5.73 Å². The quantitative estimate of drug-likeness (QED) is 0.796. The van der Waals surface area contributed by atoms with Gasteiger partial charge in [0.2, 0.25) is 0 Å². The number of hydrogen-bond donors (Lipinski definition) is 1. The van der Waals surface area contributed by atoms with E-state index in [0.717, 1.165) is 5.92 Å². The van der Waals surface area contributed by atoms with Crippen molar-refractivity contribution >= 4 is 21.4 Å². The Labute approximate surface area is 87.5 Å². The zero-order chi connectivity index (χ0) is 9.54. The highest BCUT2D eigenvalue weighted by atomic mass is 32.1. The lowest BCUT2D eigenvalue weighted by Crippen LogP contribution is -2.10. The Kier molecular flexibility index (Phi) is 1.85. The Morgan fingerprint density at radius 1 is 1.29 bits per heavy atom. The molecule has 72 valence electrons. The summed E-state index contributed by atoms with van der Waals surface area (Å²) in [5, 5.41) is 1.34. The molecule has 0 aliphatic heterocycles. The number of thiophene rings is 1. The van der Waals surface area contributed by atoms with Gasteiger partial charge in [-0.15, -0.1) is 11.3 Å². The third-order valence-electron chi connectivity index (χ3n) is 2.90. The molecule has 1 unspecified atom stereocenters. The van der Waals surface area contributed by atoms with Crippen LogP contribution in [0.25, 0.3) is 10.1 Å². The van der Waals surface area contributed by atoms with Crippen LogP contribution in [-0.4, -0.2) is 0 Å². The standard InChI is InChI=1S/C12H13NS/c13-12(8-5-6-8)11-7-9-3-1-2-4-10(9)14-11/h1-4,7-8,12H,5-6,13H2. The summed E-state index contributed by atoms with van der Waals surface area (Å²) in [6.45, 7) is 0. The predicted molar refractivity (Wildman–Crippen MR) is 61.5 cm³/mol. The fourth-order valence-corrected chi connectivity index (χ4v) is 3.01. The molecule has 1 aromatic heterocycles. The Morgan fingerprint density at radius 3 is 2.79 bits per heavy atom. The average Bonchev–Trinajstić information content (AvgIpc) is 2.95. The molecule has 0 bridgehead atoms. The summed E-state index contributed by atoms with van der Waals surface area (Å²) in [5.41, 5.74) is 6.17. The lowest BCUT2D eigenvalue weighted by Gasteiger charge is -2.05. The Balaban J connectivity index is 2.04. The minimum absolute atomic E-state index is 0.285. The van der Waals surface area contributed by atoms with Crippen molar-refractivity contribution in [3.8, 4) is 0 Å². The second-order valence-electron chi connectivity index (χ2n) is 4.05. The largest absolute Gasteiger partial charge is 0.323 e. The molecule has 2 aromatic rings. The van der Waals surface area contributed by atoms with Gasteiger partial charge in [0.25, 0.3) is 0 Å².